The van der Waals surface area contributed by atoms with E-state index in [2.05, 4.69) is 45.7 Å². The summed E-state index contributed by atoms with van der Waals surface area (Å²) in [6, 6.07) is 8.40. The number of hydrogen-bond donors (Lipinski definition) is 3. The summed E-state index contributed by atoms with van der Waals surface area (Å²) in [5.74, 6) is 0.630. The summed E-state index contributed by atoms with van der Waals surface area (Å²) in [6.45, 7) is 5.93. The molecular weight excluding hydrogens is 430 g/mol. The zero-order valence-electron chi connectivity index (χ0n) is 20.1. The zero-order valence-corrected chi connectivity index (χ0v) is 20.1. The standard InChI is InChI=1S/C26H35N5O3/c1-3-18-4-5-19-13-22(27-15-20(19)12-18)24(33)6-7-25(34)23-14-26(29-16-28-23)30-21-8-10-31(11-9-21)17(2)32/h4-5,12,14,16,21-22,24,27,33H,3,6-11,13,15H2,1-2H3,(H,28,29,30)/t22-,24+/m0/s1. The maximum Gasteiger partial charge on any atom is 0.219 e. The number of aryl methyl sites for hydroxylation is 1. The molecule has 3 N–H and O–H groups in total. The Hall–Kier alpha value is -2.84. The van der Waals surface area contributed by atoms with Gasteiger partial charge in [0, 0.05) is 51.1 Å². The molecule has 2 aliphatic rings. The van der Waals surface area contributed by atoms with Crippen LogP contribution in [0.25, 0.3) is 0 Å². The van der Waals surface area contributed by atoms with Crippen LogP contribution >= 0.6 is 0 Å². The van der Waals surface area contributed by atoms with Crippen LogP contribution in [-0.2, 0) is 24.2 Å². The number of nitrogens with zero attached hydrogens (tertiary/aromatic N) is 3. The van der Waals surface area contributed by atoms with Crippen LogP contribution < -0.4 is 10.6 Å². The Morgan fingerprint density at radius 3 is 2.74 bits per heavy atom. The number of Topliss-reactive ketones (excluding diaryl/α,β-unsaturated/α-hetero) is 1. The molecule has 182 valence electrons. The molecular formula is C26H35N5O3. The third-order valence-electron chi connectivity index (χ3n) is 7.05. The molecule has 1 aromatic carbocycles. The van der Waals surface area contributed by atoms with E-state index in [-0.39, 0.29) is 30.2 Å². The molecule has 1 amide bonds. The van der Waals surface area contributed by atoms with Crippen molar-refractivity contribution in [1.29, 1.82) is 0 Å². The minimum atomic E-state index is -0.603. The maximum absolute atomic E-state index is 12.8. The lowest BCUT2D eigenvalue weighted by atomic mass is 9.89. The van der Waals surface area contributed by atoms with Crippen LogP contribution in [0.2, 0.25) is 0 Å². The summed E-state index contributed by atoms with van der Waals surface area (Å²) in [4.78, 5) is 34.5. The summed E-state index contributed by atoms with van der Waals surface area (Å²) < 4.78 is 0. The Bertz CT molecular complexity index is 1020. The van der Waals surface area contributed by atoms with Crippen LogP contribution in [0.4, 0.5) is 5.82 Å². The largest absolute Gasteiger partial charge is 0.391 e. The van der Waals surface area contributed by atoms with Gasteiger partial charge >= 0.3 is 0 Å². The van der Waals surface area contributed by atoms with Gasteiger partial charge < -0.3 is 20.6 Å². The van der Waals surface area contributed by atoms with Gasteiger partial charge in [0.05, 0.1) is 6.10 Å². The van der Waals surface area contributed by atoms with Gasteiger partial charge in [-0.05, 0) is 48.8 Å². The number of nitrogens with one attached hydrogen (secondary N) is 2. The van der Waals surface area contributed by atoms with Crippen molar-refractivity contribution < 1.29 is 14.7 Å². The Kier molecular flexibility index (Phi) is 7.90. The monoisotopic (exact) mass is 465 g/mol. The van der Waals surface area contributed by atoms with E-state index in [1.165, 1.54) is 23.0 Å². The van der Waals surface area contributed by atoms with E-state index >= 15 is 0 Å². The van der Waals surface area contributed by atoms with Gasteiger partial charge in [-0.3, -0.25) is 9.59 Å². The number of rotatable bonds is 8. The second-order valence-corrected chi connectivity index (χ2v) is 9.39. The first-order valence-electron chi connectivity index (χ1n) is 12.3. The van der Waals surface area contributed by atoms with Gasteiger partial charge in [-0.1, -0.05) is 25.1 Å². The number of hydrogen-bond acceptors (Lipinski definition) is 7. The van der Waals surface area contributed by atoms with Gasteiger partial charge in [0.2, 0.25) is 5.91 Å². The molecule has 2 aliphatic heterocycles. The molecule has 0 spiro atoms. The lowest BCUT2D eigenvalue weighted by molar-refractivity contribution is -0.129. The van der Waals surface area contributed by atoms with Crippen molar-refractivity contribution in [1.82, 2.24) is 20.2 Å². The number of carbonyl (C=O) groups is 2. The number of likely N-dealkylation sites (tertiary alicyclic amines) is 1. The molecule has 2 aromatic rings. The number of carbonyl (C=O) groups excluding carboxylic acids is 2. The molecule has 3 heterocycles. The molecule has 4 rings (SSSR count). The number of aliphatic hydroxyl groups is 1. The topological polar surface area (TPSA) is 107 Å². The SMILES string of the molecule is CCc1ccc2c(c1)CN[C@H]([C@H](O)CCC(=O)c1cc(NC3CCN(C(C)=O)CC3)ncn1)C2. The van der Waals surface area contributed by atoms with Crippen LogP contribution in [0.15, 0.2) is 30.6 Å². The molecule has 2 atom stereocenters. The molecule has 0 unspecified atom stereocenters. The fourth-order valence-electron chi connectivity index (χ4n) is 4.83. The van der Waals surface area contributed by atoms with E-state index in [1.54, 1.807) is 13.0 Å². The van der Waals surface area contributed by atoms with Crippen LogP contribution in [-0.4, -0.2) is 62.9 Å². The molecule has 8 heteroatoms. The molecule has 8 nitrogen and oxygen atoms in total. The van der Waals surface area contributed by atoms with Gasteiger partial charge in [0.1, 0.15) is 17.8 Å². The van der Waals surface area contributed by atoms with Crippen molar-refractivity contribution >= 4 is 17.5 Å². The van der Waals surface area contributed by atoms with E-state index in [1.807, 2.05) is 4.90 Å². The molecule has 0 bridgehead atoms. The highest BCUT2D eigenvalue weighted by Gasteiger charge is 2.26. The van der Waals surface area contributed by atoms with Crippen LogP contribution in [0.3, 0.4) is 0 Å². The van der Waals surface area contributed by atoms with Gasteiger partial charge in [0.15, 0.2) is 5.78 Å². The first-order chi connectivity index (χ1) is 16.4. The number of fused-ring (bicyclic) bond motifs is 1. The Morgan fingerprint density at radius 2 is 2.00 bits per heavy atom. The van der Waals surface area contributed by atoms with Gasteiger partial charge in [-0.15, -0.1) is 0 Å². The number of amides is 1. The highest BCUT2D eigenvalue weighted by molar-refractivity contribution is 5.94. The van der Waals surface area contributed by atoms with Crippen LogP contribution in [0.1, 0.15) is 66.7 Å². The van der Waals surface area contributed by atoms with Gasteiger partial charge in [-0.25, -0.2) is 9.97 Å². The predicted molar refractivity (Wildman–Crippen MR) is 131 cm³/mol. The number of aliphatic hydroxyl groups excluding tert-OH is 1. The molecule has 34 heavy (non-hydrogen) atoms. The maximum atomic E-state index is 12.8. The van der Waals surface area contributed by atoms with E-state index in [9.17, 15) is 14.7 Å². The molecule has 0 aliphatic carbocycles. The Morgan fingerprint density at radius 1 is 1.21 bits per heavy atom. The minimum Gasteiger partial charge on any atom is -0.391 e. The average Bonchev–Trinajstić information content (AvgIpc) is 2.86. The van der Waals surface area contributed by atoms with Gasteiger partial charge in [0.25, 0.3) is 0 Å². The second-order valence-electron chi connectivity index (χ2n) is 9.39. The van der Waals surface area contributed by atoms with Gasteiger partial charge in [-0.2, -0.15) is 0 Å². The molecule has 1 saturated heterocycles. The summed E-state index contributed by atoms with van der Waals surface area (Å²) in [5.41, 5.74) is 4.25. The van der Waals surface area contributed by atoms with Crippen LogP contribution in [0, 0.1) is 0 Å². The normalized spacial score (nSPS) is 19.4. The number of anilines is 1. The minimum absolute atomic E-state index is 0.0590. The lowest BCUT2D eigenvalue weighted by Gasteiger charge is -2.31. The fourth-order valence-corrected chi connectivity index (χ4v) is 4.83. The summed E-state index contributed by atoms with van der Waals surface area (Å²) >= 11 is 0. The third-order valence-corrected chi connectivity index (χ3v) is 7.05. The molecule has 1 aromatic heterocycles. The first-order valence-corrected chi connectivity index (χ1v) is 12.3. The predicted octanol–water partition coefficient (Wildman–Crippen LogP) is 2.50. The van der Waals surface area contributed by atoms with E-state index in [0.29, 0.717) is 17.9 Å². The zero-order chi connectivity index (χ0) is 24.1. The molecule has 0 saturated carbocycles. The molecule has 0 radical (unpaired) electrons. The number of ketones is 1. The van der Waals surface area contributed by atoms with Crippen molar-refractivity contribution in [2.45, 2.75) is 77.1 Å². The fraction of sp³-hybridized carbons (Fsp3) is 0.538. The average molecular weight is 466 g/mol. The van der Waals surface area contributed by atoms with Crippen molar-refractivity contribution in [2.24, 2.45) is 0 Å². The van der Waals surface area contributed by atoms with Crippen molar-refractivity contribution in [3.8, 4) is 0 Å². The van der Waals surface area contributed by atoms with Crippen LogP contribution in [0.5, 0.6) is 0 Å². The molecule has 1 fully saturated rings. The number of benzene rings is 1. The quantitative estimate of drug-likeness (QED) is 0.514. The Labute approximate surface area is 201 Å². The first kappa shape index (κ1) is 24.3. The highest BCUT2D eigenvalue weighted by atomic mass is 16.3. The van der Waals surface area contributed by atoms with E-state index in [0.717, 1.165) is 45.3 Å². The van der Waals surface area contributed by atoms with E-state index in [4.69, 9.17) is 0 Å². The number of aromatic nitrogens is 2. The Balaban J connectivity index is 1.27. The van der Waals surface area contributed by atoms with Crippen molar-refractivity contribution in [3.63, 3.8) is 0 Å². The second kappa shape index (κ2) is 11.1. The van der Waals surface area contributed by atoms with Crippen molar-refractivity contribution in [2.75, 3.05) is 18.4 Å². The highest BCUT2D eigenvalue weighted by Crippen LogP contribution is 2.22. The number of piperidine rings is 1. The van der Waals surface area contributed by atoms with E-state index < -0.39 is 6.10 Å². The summed E-state index contributed by atoms with van der Waals surface area (Å²) in [7, 11) is 0. The third kappa shape index (κ3) is 5.98. The smallest absolute Gasteiger partial charge is 0.219 e. The summed E-state index contributed by atoms with van der Waals surface area (Å²) in [6.07, 6.45) is 4.88. The van der Waals surface area contributed by atoms with Crippen molar-refractivity contribution in [3.05, 3.63) is 53.0 Å². The lowest BCUT2D eigenvalue weighted by Crippen LogP contribution is -2.44. The summed E-state index contributed by atoms with van der Waals surface area (Å²) in [5, 5.41) is 17.5.